The number of carboxylic acid groups (broad SMARTS) is 1. The number of aliphatic carboxylic acids is 1. The highest BCUT2D eigenvalue weighted by atomic mass is 32.2. The molecule has 6 heteroatoms. The van der Waals surface area contributed by atoms with Crippen LogP contribution in [0.3, 0.4) is 0 Å². The zero-order valence-corrected chi connectivity index (χ0v) is 10.2. The minimum Gasteiger partial charge on any atom is -0.480 e. The van der Waals surface area contributed by atoms with Crippen LogP contribution in [0.15, 0.2) is 0 Å². The van der Waals surface area contributed by atoms with E-state index >= 15 is 0 Å². The highest BCUT2D eigenvalue weighted by Crippen LogP contribution is 2.17. The monoisotopic (exact) mass is 246 g/mol. The molecule has 5 nitrogen and oxygen atoms in total. The van der Waals surface area contributed by atoms with E-state index in [1.165, 1.54) is 0 Å². The first-order chi connectivity index (χ1) is 7.63. The lowest BCUT2D eigenvalue weighted by Crippen LogP contribution is -2.50. The van der Waals surface area contributed by atoms with Crippen LogP contribution in [0.2, 0.25) is 0 Å². The number of rotatable bonds is 6. The molecule has 16 heavy (non-hydrogen) atoms. The van der Waals surface area contributed by atoms with E-state index in [4.69, 9.17) is 5.11 Å². The molecule has 0 aliphatic heterocycles. The Bertz CT molecular complexity index is 256. The Balaban J connectivity index is 2.28. The summed E-state index contributed by atoms with van der Waals surface area (Å²) < 4.78 is 0. The molecule has 1 aliphatic carbocycles. The van der Waals surface area contributed by atoms with E-state index in [2.05, 4.69) is 10.6 Å². The average molecular weight is 246 g/mol. The van der Waals surface area contributed by atoms with Gasteiger partial charge in [-0.15, -0.1) is 0 Å². The summed E-state index contributed by atoms with van der Waals surface area (Å²) in [7, 11) is 0. The SMILES string of the molecule is CSCCC(NC(=O)NC1CCC1)C(=O)O. The van der Waals surface area contributed by atoms with E-state index in [1.807, 2.05) is 6.26 Å². The highest BCUT2D eigenvalue weighted by molar-refractivity contribution is 7.98. The summed E-state index contributed by atoms with van der Waals surface area (Å²) in [5.74, 6) is -0.251. The predicted molar refractivity (Wildman–Crippen MR) is 63.7 cm³/mol. The number of urea groups is 1. The quantitative estimate of drug-likeness (QED) is 0.654. The standard InChI is InChI=1S/C10H18N2O3S/c1-16-6-5-8(9(13)14)12-10(15)11-7-3-2-4-7/h7-8H,2-6H2,1H3,(H,13,14)(H2,11,12,15). The van der Waals surface area contributed by atoms with Crippen molar-refractivity contribution in [2.75, 3.05) is 12.0 Å². The van der Waals surface area contributed by atoms with Crippen LogP contribution in [-0.4, -0.2) is 41.2 Å². The molecule has 0 aromatic heterocycles. The molecule has 2 amide bonds. The fraction of sp³-hybridized carbons (Fsp3) is 0.800. The molecule has 0 saturated heterocycles. The molecule has 0 bridgehead atoms. The number of carboxylic acids is 1. The molecule has 1 aliphatic rings. The maximum atomic E-state index is 11.4. The van der Waals surface area contributed by atoms with E-state index < -0.39 is 12.0 Å². The van der Waals surface area contributed by atoms with Crippen LogP contribution in [0.25, 0.3) is 0 Å². The summed E-state index contributed by atoms with van der Waals surface area (Å²) in [6, 6.07) is -0.916. The van der Waals surface area contributed by atoms with Crippen LogP contribution in [0.4, 0.5) is 4.79 Å². The molecule has 0 aromatic carbocycles. The summed E-state index contributed by atoms with van der Waals surface area (Å²) in [5, 5.41) is 14.1. The van der Waals surface area contributed by atoms with Crippen molar-refractivity contribution in [3.8, 4) is 0 Å². The Hall–Kier alpha value is -0.910. The van der Waals surface area contributed by atoms with Crippen molar-refractivity contribution in [2.45, 2.75) is 37.8 Å². The van der Waals surface area contributed by atoms with Crippen molar-refractivity contribution in [3.05, 3.63) is 0 Å². The van der Waals surface area contributed by atoms with Gasteiger partial charge in [0.1, 0.15) is 6.04 Å². The first-order valence-corrected chi connectivity index (χ1v) is 6.81. The molecule has 0 radical (unpaired) electrons. The van der Waals surface area contributed by atoms with Gasteiger partial charge in [0.25, 0.3) is 0 Å². The zero-order valence-electron chi connectivity index (χ0n) is 9.36. The molecule has 0 heterocycles. The maximum absolute atomic E-state index is 11.4. The van der Waals surface area contributed by atoms with Gasteiger partial charge in [0, 0.05) is 6.04 Å². The fourth-order valence-corrected chi connectivity index (χ4v) is 1.90. The van der Waals surface area contributed by atoms with Crippen LogP contribution >= 0.6 is 11.8 Å². The van der Waals surface area contributed by atoms with Gasteiger partial charge in [0.2, 0.25) is 0 Å². The Labute approximate surface area is 99.4 Å². The molecule has 1 fully saturated rings. The fourth-order valence-electron chi connectivity index (χ4n) is 1.43. The van der Waals surface area contributed by atoms with Gasteiger partial charge < -0.3 is 15.7 Å². The van der Waals surface area contributed by atoms with Gasteiger partial charge in [-0.3, -0.25) is 0 Å². The summed E-state index contributed by atoms with van der Waals surface area (Å²) in [6.45, 7) is 0. The number of carbonyl (C=O) groups excluding carboxylic acids is 1. The lowest BCUT2D eigenvalue weighted by molar-refractivity contribution is -0.139. The molecular weight excluding hydrogens is 228 g/mol. The number of carbonyl (C=O) groups is 2. The number of nitrogens with one attached hydrogen (secondary N) is 2. The third kappa shape index (κ3) is 4.30. The van der Waals surface area contributed by atoms with Gasteiger partial charge in [-0.05, 0) is 37.7 Å². The van der Waals surface area contributed by atoms with Crippen molar-refractivity contribution < 1.29 is 14.7 Å². The Morgan fingerprint density at radius 1 is 1.50 bits per heavy atom. The molecular formula is C10H18N2O3S. The molecule has 1 unspecified atom stereocenters. The third-order valence-electron chi connectivity index (χ3n) is 2.65. The van der Waals surface area contributed by atoms with E-state index in [0.717, 1.165) is 25.0 Å². The van der Waals surface area contributed by atoms with Gasteiger partial charge in [0.05, 0.1) is 0 Å². The molecule has 3 N–H and O–H groups in total. The normalized spacial score (nSPS) is 17.3. The number of hydrogen-bond donors (Lipinski definition) is 3. The Morgan fingerprint density at radius 2 is 2.19 bits per heavy atom. The molecule has 1 saturated carbocycles. The van der Waals surface area contributed by atoms with Crippen molar-refractivity contribution in [2.24, 2.45) is 0 Å². The highest BCUT2D eigenvalue weighted by Gasteiger charge is 2.23. The number of amides is 2. The van der Waals surface area contributed by atoms with Crippen molar-refractivity contribution in [1.29, 1.82) is 0 Å². The molecule has 92 valence electrons. The zero-order chi connectivity index (χ0) is 12.0. The van der Waals surface area contributed by atoms with Gasteiger partial charge >= 0.3 is 12.0 Å². The minimum atomic E-state index is -0.974. The maximum Gasteiger partial charge on any atom is 0.326 e. The number of hydrogen-bond acceptors (Lipinski definition) is 3. The molecule has 0 spiro atoms. The van der Waals surface area contributed by atoms with E-state index in [-0.39, 0.29) is 12.1 Å². The van der Waals surface area contributed by atoms with Gasteiger partial charge in [-0.1, -0.05) is 0 Å². The van der Waals surface area contributed by atoms with E-state index in [9.17, 15) is 9.59 Å². The summed E-state index contributed by atoms with van der Waals surface area (Å²) in [6.07, 6.45) is 5.49. The van der Waals surface area contributed by atoms with Gasteiger partial charge in [0.15, 0.2) is 0 Å². The largest absolute Gasteiger partial charge is 0.480 e. The van der Waals surface area contributed by atoms with Crippen LogP contribution in [0, 0.1) is 0 Å². The van der Waals surface area contributed by atoms with E-state index in [1.54, 1.807) is 11.8 Å². The predicted octanol–water partition coefficient (Wildman–Crippen LogP) is 1.04. The number of thioether (sulfide) groups is 1. The Kier molecular flexibility index (Phi) is 5.45. The third-order valence-corrected chi connectivity index (χ3v) is 3.30. The molecule has 0 aromatic rings. The summed E-state index contributed by atoms with van der Waals surface area (Å²) in [4.78, 5) is 22.3. The van der Waals surface area contributed by atoms with Gasteiger partial charge in [-0.25, -0.2) is 9.59 Å². The second-order valence-corrected chi connectivity index (χ2v) is 4.90. The van der Waals surface area contributed by atoms with Crippen LogP contribution < -0.4 is 10.6 Å². The average Bonchev–Trinajstić information content (AvgIpc) is 2.18. The lowest BCUT2D eigenvalue weighted by Gasteiger charge is -2.27. The minimum absolute atomic E-state index is 0.231. The van der Waals surface area contributed by atoms with E-state index in [0.29, 0.717) is 6.42 Å². The van der Waals surface area contributed by atoms with Gasteiger partial charge in [-0.2, -0.15) is 11.8 Å². The first-order valence-electron chi connectivity index (χ1n) is 5.42. The topological polar surface area (TPSA) is 78.4 Å². The lowest BCUT2D eigenvalue weighted by atomic mass is 9.93. The molecule has 1 rings (SSSR count). The summed E-state index contributed by atoms with van der Waals surface area (Å²) >= 11 is 1.57. The van der Waals surface area contributed by atoms with Crippen molar-refractivity contribution >= 4 is 23.8 Å². The summed E-state index contributed by atoms with van der Waals surface area (Å²) in [5.41, 5.74) is 0. The van der Waals surface area contributed by atoms with Crippen LogP contribution in [0.5, 0.6) is 0 Å². The first kappa shape index (κ1) is 13.2. The van der Waals surface area contributed by atoms with Crippen molar-refractivity contribution in [1.82, 2.24) is 10.6 Å². The van der Waals surface area contributed by atoms with Crippen molar-refractivity contribution in [3.63, 3.8) is 0 Å². The molecule has 1 atom stereocenters. The second kappa shape index (κ2) is 6.62. The smallest absolute Gasteiger partial charge is 0.326 e. The Morgan fingerprint density at radius 3 is 2.62 bits per heavy atom. The second-order valence-electron chi connectivity index (χ2n) is 3.92. The van der Waals surface area contributed by atoms with Crippen LogP contribution in [0.1, 0.15) is 25.7 Å². The van der Waals surface area contributed by atoms with Crippen LogP contribution in [-0.2, 0) is 4.79 Å².